The third-order valence-electron chi connectivity index (χ3n) is 2.65. The Balaban J connectivity index is 2.19. The van der Waals surface area contributed by atoms with Gasteiger partial charge in [-0.25, -0.2) is 0 Å². The number of ether oxygens (including phenoxy) is 1. The monoisotopic (exact) mass is 260 g/mol. The van der Waals surface area contributed by atoms with E-state index in [1.807, 2.05) is 12.1 Å². The van der Waals surface area contributed by atoms with Gasteiger partial charge in [0.25, 0.3) is 0 Å². The summed E-state index contributed by atoms with van der Waals surface area (Å²) in [4.78, 5) is 2.16. The van der Waals surface area contributed by atoms with Crippen molar-refractivity contribution in [2.75, 3.05) is 31.1 Å². The fourth-order valence-electron chi connectivity index (χ4n) is 1.81. The van der Waals surface area contributed by atoms with Crippen molar-refractivity contribution < 1.29 is 4.74 Å². The third-order valence-corrected chi connectivity index (χ3v) is 3.21. The molecule has 2 N–H and O–H groups in total. The van der Waals surface area contributed by atoms with E-state index in [0.717, 1.165) is 18.8 Å². The van der Waals surface area contributed by atoms with Gasteiger partial charge in [-0.3, -0.25) is 0 Å². The summed E-state index contributed by atoms with van der Waals surface area (Å²) in [6.45, 7) is 2.77. The minimum Gasteiger partial charge on any atom is -0.373 e. The van der Waals surface area contributed by atoms with Crippen molar-refractivity contribution >= 4 is 28.9 Å². The molecule has 1 aliphatic heterocycles. The molecule has 3 nitrogen and oxygen atoms in total. The first kappa shape index (κ1) is 12.0. The molecule has 0 spiro atoms. The second kappa shape index (κ2) is 5.23. The van der Waals surface area contributed by atoms with Crippen LogP contribution in [0.5, 0.6) is 0 Å². The van der Waals surface area contributed by atoms with Crippen LogP contribution in [-0.4, -0.2) is 32.3 Å². The number of rotatable bonds is 2. The van der Waals surface area contributed by atoms with E-state index < -0.39 is 0 Å². The normalized spacial score (nSPS) is 21.2. The van der Waals surface area contributed by atoms with Gasteiger partial charge in [-0.15, -0.1) is 0 Å². The van der Waals surface area contributed by atoms with Crippen LogP contribution in [0.1, 0.15) is 0 Å². The van der Waals surface area contributed by atoms with Crippen molar-refractivity contribution in [1.29, 1.82) is 0 Å². The van der Waals surface area contributed by atoms with Gasteiger partial charge in [-0.1, -0.05) is 23.2 Å². The smallest absolute Gasteiger partial charge is 0.0872 e. The Hall–Kier alpha value is -0.480. The van der Waals surface area contributed by atoms with E-state index in [1.54, 1.807) is 6.07 Å². The summed E-state index contributed by atoms with van der Waals surface area (Å²) in [6, 6.07) is 5.48. The number of anilines is 1. The summed E-state index contributed by atoms with van der Waals surface area (Å²) in [7, 11) is 0. The predicted octanol–water partition coefficient (Wildman–Crippen LogP) is 2.16. The van der Waals surface area contributed by atoms with E-state index in [2.05, 4.69) is 4.90 Å². The highest BCUT2D eigenvalue weighted by Gasteiger charge is 2.21. The van der Waals surface area contributed by atoms with Crippen LogP contribution in [0, 0.1) is 0 Å². The topological polar surface area (TPSA) is 38.5 Å². The Labute approximate surface area is 105 Å². The van der Waals surface area contributed by atoms with Crippen molar-refractivity contribution in [3.63, 3.8) is 0 Å². The van der Waals surface area contributed by atoms with Gasteiger partial charge in [0.15, 0.2) is 0 Å². The van der Waals surface area contributed by atoms with Gasteiger partial charge in [0.05, 0.1) is 23.4 Å². The fourth-order valence-corrected chi connectivity index (χ4v) is 2.21. The highest BCUT2D eigenvalue weighted by Crippen LogP contribution is 2.30. The Kier molecular flexibility index (Phi) is 3.92. The highest BCUT2D eigenvalue weighted by atomic mass is 35.5. The second-order valence-electron chi connectivity index (χ2n) is 3.77. The Morgan fingerprint density at radius 1 is 1.44 bits per heavy atom. The zero-order valence-corrected chi connectivity index (χ0v) is 10.3. The molecular formula is C11H14Cl2N2O. The van der Waals surface area contributed by atoms with E-state index in [-0.39, 0.29) is 6.10 Å². The molecule has 1 aromatic carbocycles. The average molecular weight is 261 g/mol. The van der Waals surface area contributed by atoms with Crippen LogP contribution >= 0.6 is 23.2 Å². The summed E-state index contributed by atoms with van der Waals surface area (Å²) in [5.74, 6) is 0. The van der Waals surface area contributed by atoms with E-state index in [9.17, 15) is 0 Å². The van der Waals surface area contributed by atoms with Crippen molar-refractivity contribution in [3.8, 4) is 0 Å². The standard InChI is InChI=1S/C11H14Cl2N2O/c12-8-1-2-10(13)11(5-8)15-3-4-16-9(6-14)7-15/h1-2,5,9H,3-4,6-7,14H2. The lowest BCUT2D eigenvalue weighted by atomic mass is 10.2. The van der Waals surface area contributed by atoms with E-state index in [1.165, 1.54) is 0 Å². The summed E-state index contributed by atoms with van der Waals surface area (Å²) in [6.07, 6.45) is 0.0730. The van der Waals surface area contributed by atoms with Gasteiger partial charge in [-0.05, 0) is 18.2 Å². The van der Waals surface area contributed by atoms with Crippen LogP contribution in [0.4, 0.5) is 5.69 Å². The van der Waals surface area contributed by atoms with Crippen LogP contribution in [0.15, 0.2) is 18.2 Å². The predicted molar refractivity (Wildman–Crippen MR) is 67.5 cm³/mol. The molecule has 0 aromatic heterocycles. The molecule has 1 unspecified atom stereocenters. The van der Waals surface area contributed by atoms with E-state index in [0.29, 0.717) is 23.2 Å². The van der Waals surface area contributed by atoms with Gasteiger partial charge in [-0.2, -0.15) is 0 Å². The van der Waals surface area contributed by atoms with Crippen LogP contribution in [0.25, 0.3) is 0 Å². The Morgan fingerprint density at radius 2 is 2.25 bits per heavy atom. The molecule has 0 bridgehead atoms. The minimum atomic E-state index is 0.0730. The highest BCUT2D eigenvalue weighted by molar-refractivity contribution is 6.35. The van der Waals surface area contributed by atoms with Gasteiger partial charge < -0.3 is 15.4 Å². The molecule has 0 aliphatic carbocycles. The van der Waals surface area contributed by atoms with Gasteiger partial charge in [0.2, 0.25) is 0 Å². The zero-order valence-electron chi connectivity index (χ0n) is 8.83. The Bertz CT molecular complexity index is 373. The maximum atomic E-state index is 6.15. The molecule has 5 heteroatoms. The molecule has 1 saturated heterocycles. The average Bonchev–Trinajstić information content (AvgIpc) is 2.32. The van der Waals surface area contributed by atoms with Crippen molar-refractivity contribution in [3.05, 3.63) is 28.2 Å². The first-order valence-corrected chi connectivity index (χ1v) is 5.98. The zero-order chi connectivity index (χ0) is 11.5. The molecule has 16 heavy (non-hydrogen) atoms. The largest absolute Gasteiger partial charge is 0.373 e. The number of nitrogens with two attached hydrogens (primary N) is 1. The maximum Gasteiger partial charge on any atom is 0.0872 e. The molecule has 1 fully saturated rings. The molecule has 0 radical (unpaired) electrons. The number of halogens is 2. The van der Waals surface area contributed by atoms with Crippen LogP contribution in [0.2, 0.25) is 10.0 Å². The number of nitrogens with zero attached hydrogens (tertiary/aromatic N) is 1. The first-order valence-electron chi connectivity index (χ1n) is 5.22. The quantitative estimate of drug-likeness (QED) is 0.886. The summed E-state index contributed by atoms with van der Waals surface area (Å²) in [5.41, 5.74) is 6.56. The lowest BCUT2D eigenvalue weighted by molar-refractivity contribution is 0.0466. The van der Waals surface area contributed by atoms with Crippen molar-refractivity contribution in [2.45, 2.75) is 6.10 Å². The number of morpholine rings is 1. The molecule has 0 amide bonds. The van der Waals surface area contributed by atoms with Gasteiger partial charge in [0, 0.05) is 24.7 Å². The summed E-state index contributed by atoms with van der Waals surface area (Å²) in [5, 5.41) is 1.40. The van der Waals surface area contributed by atoms with Crippen LogP contribution in [0.3, 0.4) is 0 Å². The third kappa shape index (κ3) is 2.61. The summed E-state index contributed by atoms with van der Waals surface area (Å²) >= 11 is 12.1. The number of hydrogen-bond donors (Lipinski definition) is 1. The molecule has 88 valence electrons. The summed E-state index contributed by atoms with van der Waals surface area (Å²) < 4.78 is 5.51. The number of hydrogen-bond acceptors (Lipinski definition) is 3. The molecule has 1 aliphatic rings. The van der Waals surface area contributed by atoms with Crippen LogP contribution < -0.4 is 10.6 Å². The molecule has 1 aromatic rings. The van der Waals surface area contributed by atoms with Gasteiger partial charge >= 0.3 is 0 Å². The van der Waals surface area contributed by atoms with Crippen molar-refractivity contribution in [2.24, 2.45) is 5.73 Å². The van der Waals surface area contributed by atoms with Crippen molar-refractivity contribution in [1.82, 2.24) is 0 Å². The fraction of sp³-hybridized carbons (Fsp3) is 0.455. The molecular weight excluding hydrogens is 247 g/mol. The second-order valence-corrected chi connectivity index (χ2v) is 4.61. The van der Waals surface area contributed by atoms with Crippen LogP contribution in [-0.2, 0) is 4.74 Å². The number of benzene rings is 1. The van der Waals surface area contributed by atoms with Gasteiger partial charge in [0.1, 0.15) is 0 Å². The molecule has 2 rings (SSSR count). The lowest BCUT2D eigenvalue weighted by Crippen LogP contribution is -2.45. The SMILES string of the molecule is NCC1CN(c2cc(Cl)ccc2Cl)CCO1. The van der Waals surface area contributed by atoms with E-state index in [4.69, 9.17) is 33.7 Å². The minimum absolute atomic E-state index is 0.0730. The van der Waals surface area contributed by atoms with E-state index >= 15 is 0 Å². The molecule has 1 heterocycles. The molecule has 0 saturated carbocycles. The Morgan fingerprint density at radius 3 is 3.00 bits per heavy atom. The molecule has 1 atom stereocenters. The maximum absolute atomic E-state index is 6.15. The lowest BCUT2D eigenvalue weighted by Gasteiger charge is -2.34. The first-order chi connectivity index (χ1) is 7.70.